The number of hydrogen-bond donors (Lipinski definition) is 2. The van der Waals surface area contributed by atoms with Crippen LogP contribution in [0.25, 0.3) is 0 Å². The topological polar surface area (TPSA) is 73.1 Å². The van der Waals surface area contributed by atoms with Crippen molar-refractivity contribution in [3.63, 3.8) is 0 Å². The predicted molar refractivity (Wildman–Crippen MR) is 63.2 cm³/mol. The summed E-state index contributed by atoms with van der Waals surface area (Å²) in [6.45, 7) is 4.59. The van der Waals surface area contributed by atoms with Gasteiger partial charge in [-0.25, -0.2) is 4.98 Å². The van der Waals surface area contributed by atoms with Gasteiger partial charge in [-0.1, -0.05) is 0 Å². The first-order valence-electron chi connectivity index (χ1n) is 5.67. The van der Waals surface area contributed by atoms with Crippen LogP contribution in [-0.4, -0.2) is 29.7 Å². The van der Waals surface area contributed by atoms with E-state index in [0.717, 1.165) is 44.1 Å². The Morgan fingerprint density at radius 3 is 2.88 bits per heavy atom. The maximum atomic E-state index is 5.59. The summed E-state index contributed by atoms with van der Waals surface area (Å²) >= 11 is 0. The third-order valence-corrected chi connectivity index (χ3v) is 2.78. The van der Waals surface area contributed by atoms with Gasteiger partial charge in [0.1, 0.15) is 5.82 Å². The average molecular weight is 222 g/mol. The molecule has 2 heterocycles. The number of aryl methyl sites for hydroxylation is 1. The Morgan fingerprint density at radius 1 is 1.44 bits per heavy atom. The molecule has 5 heteroatoms. The molecular weight excluding hydrogens is 204 g/mol. The summed E-state index contributed by atoms with van der Waals surface area (Å²) in [7, 11) is 0. The molecule has 1 fully saturated rings. The molecule has 0 bridgehead atoms. The van der Waals surface area contributed by atoms with Crippen molar-refractivity contribution in [2.24, 2.45) is 5.92 Å². The van der Waals surface area contributed by atoms with E-state index in [0.29, 0.717) is 11.9 Å². The zero-order valence-corrected chi connectivity index (χ0v) is 9.57. The van der Waals surface area contributed by atoms with Gasteiger partial charge >= 0.3 is 0 Å². The van der Waals surface area contributed by atoms with E-state index in [4.69, 9.17) is 10.5 Å². The highest BCUT2D eigenvalue weighted by atomic mass is 16.5. The molecule has 1 aliphatic rings. The number of anilines is 2. The summed E-state index contributed by atoms with van der Waals surface area (Å²) < 4.78 is 5.32. The average Bonchev–Trinajstić information content (AvgIpc) is 2.27. The van der Waals surface area contributed by atoms with E-state index in [2.05, 4.69) is 15.3 Å². The van der Waals surface area contributed by atoms with Crippen molar-refractivity contribution in [2.75, 3.05) is 30.8 Å². The Balaban J connectivity index is 1.88. The summed E-state index contributed by atoms with van der Waals surface area (Å²) in [5, 5.41) is 3.31. The smallest absolute Gasteiger partial charge is 0.222 e. The first-order chi connectivity index (χ1) is 7.74. The number of nitrogens with one attached hydrogen (secondary N) is 1. The molecule has 1 aromatic rings. The number of nitrogens with zero attached hydrogens (tertiary/aromatic N) is 2. The zero-order valence-electron chi connectivity index (χ0n) is 9.57. The third kappa shape index (κ3) is 3.06. The summed E-state index contributed by atoms with van der Waals surface area (Å²) in [6.07, 6.45) is 2.24. The first-order valence-corrected chi connectivity index (χ1v) is 5.67. The van der Waals surface area contributed by atoms with Gasteiger partial charge < -0.3 is 15.8 Å². The van der Waals surface area contributed by atoms with E-state index in [9.17, 15) is 0 Å². The lowest BCUT2D eigenvalue weighted by atomic mass is 10.0. The first kappa shape index (κ1) is 11.1. The number of ether oxygens (including phenoxy) is 1. The lowest BCUT2D eigenvalue weighted by Crippen LogP contribution is -2.23. The molecule has 0 aromatic carbocycles. The number of nitrogens with two attached hydrogens (primary N) is 1. The normalized spacial score (nSPS) is 17.3. The van der Waals surface area contributed by atoms with E-state index >= 15 is 0 Å². The molecule has 0 spiro atoms. The largest absolute Gasteiger partial charge is 0.381 e. The van der Waals surface area contributed by atoms with Crippen molar-refractivity contribution in [3.05, 3.63) is 11.8 Å². The Kier molecular flexibility index (Phi) is 3.56. The van der Waals surface area contributed by atoms with Crippen LogP contribution in [0.3, 0.4) is 0 Å². The minimum atomic E-state index is 0.328. The molecule has 1 aliphatic heterocycles. The summed E-state index contributed by atoms with van der Waals surface area (Å²) in [5.74, 6) is 1.82. The number of rotatable bonds is 3. The van der Waals surface area contributed by atoms with Crippen molar-refractivity contribution in [1.29, 1.82) is 0 Å². The molecule has 1 saturated heterocycles. The SMILES string of the molecule is Cc1cc(NCC2CCOCC2)nc(N)n1. The van der Waals surface area contributed by atoms with Gasteiger partial charge in [0.2, 0.25) is 5.95 Å². The Hall–Kier alpha value is -1.36. The summed E-state index contributed by atoms with van der Waals surface area (Å²) in [5.41, 5.74) is 6.48. The van der Waals surface area contributed by atoms with Crippen LogP contribution in [0.15, 0.2) is 6.07 Å². The lowest BCUT2D eigenvalue weighted by molar-refractivity contribution is 0.0699. The molecule has 2 rings (SSSR count). The highest BCUT2D eigenvalue weighted by Gasteiger charge is 2.13. The Morgan fingerprint density at radius 2 is 2.19 bits per heavy atom. The van der Waals surface area contributed by atoms with Gasteiger partial charge in [-0.05, 0) is 25.7 Å². The molecular formula is C11H18N4O. The van der Waals surface area contributed by atoms with Gasteiger partial charge in [0, 0.05) is 31.5 Å². The minimum Gasteiger partial charge on any atom is -0.381 e. The molecule has 0 aliphatic carbocycles. The maximum Gasteiger partial charge on any atom is 0.222 e. The Bertz CT molecular complexity index is 330. The van der Waals surface area contributed by atoms with Gasteiger partial charge in [0.05, 0.1) is 0 Å². The Labute approximate surface area is 95.4 Å². The van der Waals surface area contributed by atoms with Gasteiger partial charge in [-0.15, -0.1) is 0 Å². The second kappa shape index (κ2) is 5.12. The van der Waals surface area contributed by atoms with Crippen molar-refractivity contribution >= 4 is 11.8 Å². The monoisotopic (exact) mass is 222 g/mol. The van der Waals surface area contributed by atoms with Crippen LogP contribution in [-0.2, 0) is 4.74 Å². The molecule has 0 radical (unpaired) electrons. The number of hydrogen-bond acceptors (Lipinski definition) is 5. The number of aromatic nitrogens is 2. The summed E-state index contributed by atoms with van der Waals surface area (Å²) in [4.78, 5) is 8.18. The van der Waals surface area contributed by atoms with E-state index in [1.165, 1.54) is 0 Å². The van der Waals surface area contributed by atoms with Crippen LogP contribution in [0.2, 0.25) is 0 Å². The van der Waals surface area contributed by atoms with E-state index < -0.39 is 0 Å². The fourth-order valence-electron chi connectivity index (χ4n) is 1.88. The van der Waals surface area contributed by atoms with Crippen molar-refractivity contribution in [1.82, 2.24) is 9.97 Å². The molecule has 3 N–H and O–H groups in total. The number of nitrogen functional groups attached to an aromatic ring is 1. The van der Waals surface area contributed by atoms with E-state index in [-0.39, 0.29) is 0 Å². The summed E-state index contributed by atoms with van der Waals surface area (Å²) in [6, 6.07) is 1.91. The minimum absolute atomic E-state index is 0.328. The molecule has 0 saturated carbocycles. The highest BCUT2D eigenvalue weighted by molar-refractivity contribution is 5.40. The molecule has 88 valence electrons. The predicted octanol–water partition coefficient (Wildman–Crippen LogP) is 1.21. The van der Waals surface area contributed by atoms with Crippen LogP contribution in [0.5, 0.6) is 0 Å². The fourth-order valence-corrected chi connectivity index (χ4v) is 1.88. The van der Waals surface area contributed by atoms with Crippen molar-refractivity contribution < 1.29 is 4.74 Å². The second-order valence-electron chi connectivity index (χ2n) is 4.19. The van der Waals surface area contributed by atoms with Crippen LogP contribution < -0.4 is 11.1 Å². The van der Waals surface area contributed by atoms with E-state index in [1.54, 1.807) is 0 Å². The fraction of sp³-hybridized carbons (Fsp3) is 0.636. The van der Waals surface area contributed by atoms with Gasteiger partial charge in [0.15, 0.2) is 0 Å². The molecule has 0 amide bonds. The molecule has 0 atom stereocenters. The lowest BCUT2D eigenvalue weighted by Gasteiger charge is -2.22. The highest BCUT2D eigenvalue weighted by Crippen LogP contribution is 2.15. The van der Waals surface area contributed by atoms with Gasteiger partial charge in [0.25, 0.3) is 0 Å². The van der Waals surface area contributed by atoms with Crippen LogP contribution in [0.1, 0.15) is 18.5 Å². The second-order valence-corrected chi connectivity index (χ2v) is 4.19. The van der Waals surface area contributed by atoms with Crippen LogP contribution in [0.4, 0.5) is 11.8 Å². The molecule has 5 nitrogen and oxygen atoms in total. The molecule has 16 heavy (non-hydrogen) atoms. The zero-order chi connectivity index (χ0) is 11.4. The van der Waals surface area contributed by atoms with E-state index in [1.807, 2.05) is 13.0 Å². The maximum absolute atomic E-state index is 5.59. The molecule has 1 aromatic heterocycles. The van der Waals surface area contributed by atoms with Crippen molar-refractivity contribution in [2.45, 2.75) is 19.8 Å². The van der Waals surface area contributed by atoms with Crippen LogP contribution in [0, 0.1) is 12.8 Å². The van der Waals surface area contributed by atoms with Crippen molar-refractivity contribution in [3.8, 4) is 0 Å². The van der Waals surface area contributed by atoms with Gasteiger partial charge in [-0.2, -0.15) is 4.98 Å². The van der Waals surface area contributed by atoms with Crippen LogP contribution >= 0.6 is 0 Å². The standard InChI is InChI=1S/C11H18N4O/c1-8-6-10(15-11(12)14-8)13-7-9-2-4-16-5-3-9/h6,9H,2-5,7H2,1H3,(H3,12,13,14,15). The quantitative estimate of drug-likeness (QED) is 0.804. The molecule has 0 unspecified atom stereocenters. The third-order valence-electron chi connectivity index (χ3n) is 2.78. The van der Waals surface area contributed by atoms with Gasteiger partial charge in [-0.3, -0.25) is 0 Å².